The Morgan fingerprint density at radius 2 is 1.95 bits per heavy atom. The van der Waals surface area contributed by atoms with Crippen molar-refractivity contribution in [3.63, 3.8) is 0 Å². The molecule has 19 heavy (non-hydrogen) atoms. The van der Waals surface area contributed by atoms with Crippen molar-refractivity contribution >= 4 is 5.65 Å². The number of imidazole rings is 1. The minimum absolute atomic E-state index is 0.614. The molecule has 0 atom stereocenters. The Hall–Kier alpha value is -2.13. The summed E-state index contributed by atoms with van der Waals surface area (Å²) in [6.45, 7) is 2.70. The largest absolute Gasteiger partial charge is 0.330 e. The van der Waals surface area contributed by atoms with E-state index >= 15 is 0 Å². The van der Waals surface area contributed by atoms with Gasteiger partial charge in [0.15, 0.2) is 0 Å². The van der Waals surface area contributed by atoms with Crippen LogP contribution in [0.5, 0.6) is 0 Å². The number of fused-ring (bicyclic) bond motifs is 1. The first kappa shape index (κ1) is 11.9. The predicted octanol–water partition coefficient (Wildman–Crippen LogP) is 2.81. The van der Waals surface area contributed by atoms with Gasteiger partial charge >= 0.3 is 0 Å². The number of hydrogen-bond acceptors (Lipinski definition) is 2. The normalized spacial score (nSPS) is 11.1. The van der Waals surface area contributed by atoms with E-state index in [0.29, 0.717) is 6.54 Å². The number of rotatable bonds is 3. The summed E-state index contributed by atoms with van der Waals surface area (Å²) >= 11 is 0. The molecule has 3 rings (SSSR count). The van der Waals surface area contributed by atoms with Crippen molar-refractivity contribution in [2.24, 2.45) is 5.73 Å². The van der Waals surface area contributed by atoms with Gasteiger partial charge in [-0.05, 0) is 31.2 Å². The van der Waals surface area contributed by atoms with E-state index in [4.69, 9.17) is 10.7 Å². The molecule has 0 saturated carbocycles. The Bertz CT molecular complexity index is 699. The molecule has 0 spiro atoms. The zero-order chi connectivity index (χ0) is 13.2. The number of nitrogens with zero attached hydrogens (tertiary/aromatic N) is 2. The van der Waals surface area contributed by atoms with Gasteiger partial charge in [0.25, 0.3) is 0 Å². The molecule has 2 aromatic heterocycles. The van der Waals surface area contributed by atoms with Crippen molar-refractivity contribution in [2.75, 3.05) is 6.54 Å². The third-order valence-electron chi connectivity index (χ3n) is 3.28. The number of nitrogens with two attached hydrogens (primary N) is 1. The Morgan fingerprint density at radius 1 is 1.16 bits per heavy atom. The second-order valence-corrected chi connectivity index (χ2v) is 4.74. The fraction of sp³-hybridized carbons (Fsp3) is 0.188. The monoisotopic (exact) mass is 251 g/mol. The zero-order valence-corrected chi connectivity index (χ0v) is 11.0. The summed E-state index contributed by atoms with van der Waals surface area (Å²) < 4.78 is 2.15. The molecule has 0 bridgehead atoms. The van der Waals surface area contributed by atoms with E-state index in [-0.39, 0.29) is 0 Å². The van der Waals surface area contributed by atoms with E-state index in [2.05, 4.69) is 53.9 Å². The van der Waals surface area contributed by atoms with Crippen LogP contribution in [0.3, 0.4) is 0 Å². The lowest BCUT2D eigenvalue weighted by atomic mass is 10.1. The van der Waals surface area contributed by atoms with Gasteiger partial charge in [-0.2, -0.15) is 0 Å². The summed E-state index contributed by atoms with van der Waals surface area (Å²) in [5, 5.41) is 0. The Kier molecular flexibility index (Phi) is 3.05. The molecule has 0 radical (unpaired) electrons. The van der Waals surface area contributed by atoms with Crippen LogP contribution in [-0.4, -0.2) is 15.9 Å². The van der Waals surface area contributed by atoms with E-state index in [9.17, 15) is 0 Å². The van der Waals surface area contributed by atoms with Crippen molar-refractivity contribution in [2.45, 2.75) is 13.3 Å². The van der Waals surface area contributed by atoms with Gasteiger partial charge in [0.1, 0.15) is 5.65 Å². The summed E-state index contributed by atoms with van der Waals surface area (Å²) in [4.78, 5) is 4.72. The predicted molar refractivity (Wildman–Crippen MR) is 78.1 cm³/mol. The fourth-order valence-electron chi connectivity index (χ4n) is 2.41. The molecule has 96 valence electrons. The van der Waals surface area contributed by atoms with Crippen LogP contribution in [0.1, 0.15) is 11.3 Å². The van der Waals surface area contributed by atoms with Crippen LogP contribution >= 0.6 is 0 Å². The first-order valence-electron chi connectivity index (χ1n) is 6.52. The molecule has 0 saturated heterocycles. The lowest BCUT2D eigenvalue weighted by molar-refractivity contribution is 0.939. The molecule has 1 aromatic carbocycles. The number of aromatic nitrogens is 2. The Labute approximate surface area is 112 Å². The van der Waals surface area contributed by atoms with Gasteiger partial charge in [-0.1, -0.05) is 30.3 Å². The molecular weight excluding hydrogens is 234 g/mol. The van der Waals surface area contributed by atoms with Crippen molar-refractivity contribution in [3.05, 3.63) is 59.9 Å². The molecule has 3 aromatic rings. The molecule has 2 N–H and O–H groups in total. The van der Waals surface area contributed by atoms with Crippen LogP contribution in [0, 0.1) is 6.92 Å². The van der Waals surface area contributed by atoms with Gasteiger partial charge in [-0.3, -0.25) is 4.40 Å². The van der Waals surface area contributed by atoms with Crippen LogP contribution in [0.4, 0.5) is 0 Å². The summed E-state index contributed by atoms with van der Waals surface area (Å²) in [5.74, 6) is 0. The highest BCUT2D eigenvalue weighted by Gasteiger charge is 2.13. The fourth-order valence-corrected chi connectivity index (χ4v) is 2.41. The second kappa shape index (κ2) is 4.86. The lowest BCUT2D eigenvalue weighted by Crippen LogP contribution is -2.04. The van der Waals surface area contributed by atoms with Crippen LogP contribution in [0.15, 0.2) is 48.7 Å². The topological polar surface area (TPSA) is 43.3 Å². The molecule has 0 amide bonds. The number of hydrogen-bond donors (Lipinski definition) is 1. The summed E-state index contributed by atoms with van der Waals surface area (Å²) in [6, 6.07) is 14.6. The molecular formula is C16H17N3. The van der Waals surface area contributed by atoms with Crippen LogP contribution in [-0.2, 0) is 6.42 Å². The molecule has 3 nitrogen and oxygen atoms in total. The van der Waals surface area contributed by atoms with E-state index in [1.54, 1.807) is 0 Å². The third-order valence-corrected chi connectivity index (χ3v) is 3.28. The van der Waals surface area contributed by atoms with Gasteiger partial charge < -0.3 is 5.73 Å². The smallest absolute Gasteiger partial charge is 0.137 e. The van der Waals surface area contributed by atoms with Gasteiger partial charge in [-0.25, -0.2) is 4.98 Å². The van der Waals surface area contributed by atoms with Crippen molar-refractivity contribution < 1.29 is 0 Å². The molecule has 3 heteroatoms. The van der Waals surface area contributed by atoms with Crippen molar-refractivity contribution in [1.29, 1.82) is 0 Å². The standard InChI is InChI=1S/C16H17N3/c1-12-8-10-19-15(11-12)18-14(7-9-17)16(19)13-5-3-2-4-6-13/h2-6,8,10-11H,7,9,17H2,1H3. The Balaban J connectivity index is 2.28. The number of benzene rings is 1. The van der Waals surface area contributed by atoms with Gasteiger partial charge in [-0.15, -0.1) is 0 Å². The van der Waals surface area contributed by atoms with Gasteiger partial charge in [0, 0.05) is 18.2 Å². The SMILES string of the molecule is Cc1ccn2c(-c3ccccc3)c(CCN)nc2c1. The summed E-state index contributed by atoms with van der Waals surface area (Å²) in [7, 11) is 0. The van der Waals surface area contributed by atoms with Crippen molar-refractivity contribution in [3.8, 4) is 11.3 Å². The van der Waals surface area contributed by atoms with E-state index in [1.165, 1.54) is 11.1 Å². The highest BCUT2D eigenvalue weighted by Crippen LogP contribution is 2.25. The summed E-state index contributed by atoms with van der Waals surface area (Å²) in [5.41, 5.74) is 11.3. The van der Waals surface area contributed by atoms with E-state index in [0.717, 1.165) is 23.5 Å². The maximum Gasteiger partial charge on any atom is 0.137 e. The molecule has 2 heterocycles. The minimum atomic E-state index is 0.614. The molecule has 0 fully saturated rings. The van der Waals surface area contributed by atoms with Crippen LogP contribution < -0.4 is 5.73 Å². The van der Waals surface area contributed by atoms with Crippen molar-refractivity contribution in [1.82, 2.24) is 9.38 Å². The summed E-state index contributed by atoms with van der Waals surface area (Å²) in [6.07, 6.45) is 2.88. The molecule has 0 aliphatic heterocycles. The van der Waals surface area contributed by atoms with E-state index in [1.807, 2.05) is 6.07 Å². The third kappa shape index (κ3) is 2.13. The quantitative estimate of drug-likeness (QED) is 0.778. The van der Waals surface area contributed by atoms with Crippen LogP contribution in [0.2, 0.25) is 0 Å². The first-order chi connectivity index (χ1) is 9.29. The number of aryl methyl sites for hydroxylation is 1. The highest BCUT2D eigenvalue weighted by atomic mass is 15.0. The highest BCUT2D eigenvalue weighted by molar-refractivity contribution is 5.67. The molecule has 0 aliphatic carbocycles. The van der Waals surface area contributed by atoms with Gasteiger partial charge in [0.2, 0.25) is 0 Å². The Morgan fingerprint density at radius 3 is 2.68 bits per heavy atom. The van der Waals surface area contributed by atoms with Gasteiger partial charge in [0.05, 0.1) is 11.4 Å². The number of pyridine rings is 1. The average Bonchev–Trinajstić information content (AvgIpc) is 2.77. The lowest BCUT2D eigenvalue weighted by Gasteiger charge is -2.05. The molecule has 0 aliphatic rings. The minimum Gasteiger partial charge on any atom is -0.330 e. The van der Waals surface area contributed by atoms with E-state index < -0.39 is 0 Å². The maximum atomic E-state index is 5.71. The van der Waals surface area contributed by atoms with Crippen LogP contribution in [0.25, 0.3) is 16.9 Å². The molecule has 0 unspecified atom stereocenters. The average molecular weight is 251 g/mol. The second-order valence-electron chi connectivity index (χ2n) is 4.74. The maximum absolute atomic E-state index is 5.71. The first-order valence-corrected chi connectivity index (χ1v) is 6.52. The zero-order valence-electron chi connectivity index (χ0n) is 11.0.